The van der Waals surface area contributed by atoms with Crippen LogP contribution in [0.3, 0.4) is 0 Å². The standard InChI is InChI=1S/C16H17NOS/c1-3-13-14-9-12(18-2)5-4-6-15(14)17-16(13)11-7-8-19-10-11/h4-10,12,17H,3H2,1-2H3. The predicted octanol–water partition coefficient (Wildman–Crippen LogP) is 2.45. The molecule has 0 fully saturated rings. The highest BCUT2D eigenvalue weighted by Crippen LogP contribution is 2.22. The van der Waals surface area contributed by atoms with Gasteiger partial charge in [0.25, 0.3) is 0 Å². The highest BCUT2D eigenvalue weighted by molar-refractivity contribution is 7.08. The van der Waals surface area contributed by atoms with Crippen molar-refractivity contribution in [3.05, 3.63) is 45.1 Å². The van der Waals surface area contributed by atoms with E-state index in [2.05, 4.69) is 53.0 Å². The van der Waals surface area contributed by atoms with E-state index in [1.807, 2.05) is 0 Å². The highest BCUT2D eigenvalue weighted by atomic mass is 32.1. The number of methoxy groups -OCH3 is 1. The van der Waals surface area contributed by atoms with Gasteiger partial charge in [-0.1, -0.05) is 19.1 Å². The molecule has 1 aliphatic rings. The Bertz CT molecular complexity index is 707. The first kappa shape index (κ1) is 12.5. The van der Waals surface area contributed by atoms with Gasteiger partial charge >= 0.3 is 0 Å². The summed E-state index contributed by atoms with van der Waals surface area (Å²) in [4.78, 5) is 3.55. The number of ether oxygens (including phenoxy) is 1. The lowest BCUT2D eigenvalue weighted by Crippen LogP contribution is -2.26. The average molecular weight is 271 g/mol. The minimum atomic E-state index is 0.0499. The SMILES string of the molecule is CCc1c(-c2ccsc2)[nH]c2c1=CC(OC)C=CC=2. The van der Waals surface area contributed by atoms with E-state index in [9.17, 15) is 0 Å². The number of aromatic nitrogens is 1. The molecule has 0 saturated heterocycles. The van der Waals surface area contributed by atoms with Crippen LogP contribution in [0.1, 0.15) is 12.5 Å². The number of nitrogens with one attached hydrogen (secondary N) is 1. The molecule has 0 spiro atoms. The topological polar surface area (TPSA) is 25.0 Å². The molecule has 0 amide bonds. The maximum atomic E-state index is 5.45. The first-order valence-corrected chi connectivity index (χ1v) is 7.44. The monoisotopic (exact) mass is 271 g/mol. The second kappa shape index (κ2) is 5.19. The van der Waals surface area contributed by atoms with Crippen molar-refractivity contribution < 1.29 is 4.74 Å². The smallest absolute Gasteiger partial charge is 0.0946 e. The van der Waals surface area contributed by atoms with Gasteiger partial charge in [0.15, 0.2) is 0 Å². The molecule has 2 heterocycles. The van der Waals surface area contributed by atoms with Crippen molar-refractivity contribution in [1.29, 1.82) is 0 Å². The fourth-order valence-corrected chi connectivity index (χ4v) is 3.19. The van der Waals surface area contributed by atoms with Crippen LogP contribution in [-0.4, -0.2) is 18.2 Å². The average Bonchev–Trinajstić information content (AvgIpc) is 3.01. The van der Waals surface area contributed by atoms with Crippen LogP contribution in [-0.2, 0) is 11.2 Å². The van der Waals surface area contributed by atoms with Crippen LogP contribution in [0.5, 0.6) is 0 Å². The fraction of sp³-hybridized carbons (Fsp3) is 0.250. The van der Waals surface area contributed by atoms with Crippen LogP contribution in [0.4, 0.5) is 0 Å². The normalized spacial score (nSPS) is 17.5. The third-order valence-electron chi connectivity index (χ3n) is 3.51. The molecule has 0 aromatic carbocycles. The summed E-state index contributed by atoms with van der Waals surface area (Å²) in [7, 11) is 1.74. The summed E-state index contributed by atoms with van der Waals surface area (Å²) in [5, 5.41) is 6.76. The number of aromatic amines is 1. The molecule has 0 aliphatic heterocycles. The zero-order chi connectivity index (χ0) is 13.2. The van der Waals surface area contributed by atoms with Gasteiger partial charge in [0.05, 0.1) is 11.8 Å². The van der Waals surface area contributed by atoms with E-state index in [-0.39, 0.29) is 6.10 Å². The van der Waals surface area contributed by atoms with Crippen LogP contribution in [0, 0.1) is 0 Å². The molecule has 0 saturated carbocycles. The van der Waals surface area contributed by atoms with Crippen LogP contribution < -0.4 is 10.6 Å². The fourth-order valence-electron chi connectivity index (χ4n) is 2.54. The molecule has 1 N–H and O–H groups in total. The quantitative estimate of drug-likeness (QED) is 0.911. The molecule has 2 aromatic rings. The maximum absolute atomic E-state index is 5.45. The first-order valence-electron chi connectivity index (χ1n) is 6.50. The number of rotatable bonds is 3. The number of hydrogen-bond donors (Lipinski definition) is 1. The number of hydrogen-bond acceptors (Lipinski definition) is 2. The maximum Gasteiger partial charge on any atom is 0.0946 e. The lowest BCUT2D eigenvalue weighted by atomic mass is 10.1. The van der Waals surface area contributed by atoms with Gasteiger partial charge < -0.3 is 9.72 Å². The Morgan fingerprint density at radius 3 is 3.00 bits per heavy atom. The molecule has 19 heavy (non-hydrogen) atoms. The van der Waals surface area contributed by atoms with Crippen molar-refractivity contribution in [2.75, 3.05) is 7.11 Å². The van der Waals surface area contributed by atoms with Gasteiger partial charge in [-0.2, -0.15) is 11.3 Å². The minimum Gasteiger partial charge on any atom is -0.373 e. The largest absolute Gasteiger partial charge is 0.373 e. The summed E-state index contributed by atoms with van der Waals surface area (Å²) in [6, 6.07) is 2.17. The van der Waals surface area contributed by atoms with Crippen LogP contribution >= 0.6 is 11.3 Å². The Balaban J connectivity index is 2.27. The van der Waals surface area contributed by atoms with Crippen molar-refractivity contribution in [1.82, 2.24) is 4.98 Å². The molecule has 1 aliphatic carbocycles. The van der Waals surface area contributed by atoms with Crippen LogP contribution in [0.2, 0.25) is 0 Å². The van der Waals surface area contributed by atoms with Crippen molar-refractivity contribution in [3.8, 4) is 11.3 Å². The molecule has 0 bridgehead atoms. The Morgan fingerprint density at radius 2 is 2.32 bits per heavy atom. The molecule has 3 rings (SSSR count). The lowest BCUT2D eigenvalue weighted by Gasteiger charge is -2.04. The highest BCUT2D eigenvalue weighted by Gasteiger charge is 2.12. The van der Waals surface area contributed by atoms with Gasteiger partial charge in [0.1, 0.15) is 0 Å². The molecular formula is C16H17NOS. The molecule has 2 aromatic heterocycles. The van der Waals surface area contributed by atoms with E-state index in [4.69, 9.17) is 4.74 Å². The lowest BCUT2D eigenvalue weighted by molar-refractivity contribution is 0.189. The van der Waals surface area contributed by atoms with Gasteiger partial charge in [-0.15, -0.1) is 0 Å². The van der Waals surface area contributed by atoms with Gasteiger partial charge in [-0.05, 0) is 35.6 Å². The molecule has 2 nitrogen and oxygen atoms in total. The van der Waals surface area contributed by atoms with Crippen molar-refractivity contribution in [2.45, 2.75) is 19.4 Å². The summed E-state index contributed by atoms with van der Waals surface area (Å²) < 4.78 is 5.45. The summed E-state index contributed by atoms with van der Waals surface area (Å²) in [5.41, 5.74) is 3.89. The number of fused-ring (bicyclic) bond motifs is 1. The molecule has 3 heteroatoms. The zero-order valence-electron chi connectivity index (χ0n) is 11.1. The van der Waals surface area contributed by atoms with Gasteiger partial charge in [-0.25, -0.2) is 0 Å². The van der Waals surface area contributed by atoms with Crippen molar-refractivity contribution >= 4 is 23.5 Å². The summed E-state index contributed by atoms with van der Waals surface area (Å²) in [5.74, 6) is 0. The van der Waals surface area contributed by atoms with Crippen molar-refractivity contribution in [3.63, 3.8) is 0 Å². The number of thiophene rings is 1. The summed E-state index contributed by atoms with van der Waals surface area (Å²) in [6.07, 6.45) is 9.51. The van der Waals surface area contributed by atoms with E-state index in [0.717, 1.165) is 6.42 Å². The Kier molecular flexibility index (Phi) is 3.40. The molecule has 1 unspecified atom stereocenters. The van der Waals surface area contributed by atoms with Gasteiger partial charge in [0.2, 0.25) is 0 Å². The third-order valence-corrected chi connectivity index (χ3v) is 4.19. The zero-order valence-corrected chi connectivity index (χ0v) is 12.0. The number of allylic oxidation sites excluding steroid dienone is 1. The third kappa shape index (κ3) is 2.20. The van der Waals surface area contributed by atoms with E-state index in [1.54, 1.807) is 18.4 Å². The first-order chi connectivity index (χ1) is 9.33. The number of H-pyrrole nitrogens is 1. The van der Waals surface area contributed by atoms with E-state index < -0.39 is 0 Å². The summed E-state index contributed by atoms with van der Waals surface area (Å²) >= 11 is 1.73. The van der Waals surface area contributed by atoms with Gasteiger partial charge in [0, 0.05) is 28.6 Å². The second-order valence-corrected chi connectivity index (χ2v) is 5.37. The van der Waals surface area contributed by atoms with Crippen LogP contribution in [0.25, 0.3) is 23.4 Å². The van der Waals surface area contributed by atoms with Crippen LogP contribution in [0.15, 0.2) is 29.0 Å². The van der Waals surface area contributed by atoms with E-state index in [0.29, 0.717) is 0 Å². The molecule has 98 valence electrons. The van der Waals surface area contributed by atoms with Gasteiger partial charge in [-0.3, -0.25) is 0 Å². The van der Waals surface area contributed by atoms with E-state index >= 15 is 0 Å². The Morgan fingerprint density at radius 1 is 1.42 bits per heavy atom. The second-order valence-electron chi connectivity index (χ2n) is 4.59. The Labute approximate surface area is 116 Å². The van der Waals surface area contributed by atoms with E-state index in [1.165, 1.54) is 27.4 Å². The summed E-state index contributed by atoms with van der Waals surface area (Å²) in [6.45, 7) is 2.20. The molecule has 1 atom stereocenters. The predicted molar refractivity (Wildman–Crippen MR) is 81.6 cm³/mol. The van der Waals surface area contributed by atoms with Crippen molar-refractivity contribution in [2.24, 2.45) is 0 Å². The Hall–Kier alpha value is -1.58. The molecular weight excluding hydrogens is 254 g/mol. The minimum absolute atomic E-state index is 0.0499. The molecule has 0 radical (unpaired) electrons.